The standard InChI is InChI=1S/C24H22N2O4S2/c1-15-13-31-24(26-15)32-14-19-18-5-3-4-6-20(18)30-21(19)22(27)25-12-11-16-7-9-17(10-8-16)23(28)29-2/h3-10,13H,11-12,14H2,1-2H3,(H,25,27). The molecule has 0 saturated carbocycles. The van der Waals surface area contributed by atoms with Crippen LogP contribution in [0.3, 0.4) is 0 Å². The number of thiazole rings is 1. The third-order valence-corrected chi connectivity index (χ3v) is 7.08. The first-order valence-corrected chi connectivity index (χ1v) is 11.9. The molecule has 4 aromatic rings. The van der Waals surface area contributed by atoms with E-state index in [1.54, 1.807) is 35.2 Å². The Balaban J connectivity index is 1.44. The van der Waals surface area contributed by atoms with Gasteiger partial charge in [-0.2, -0.15) is 0 Å². The number of amides is 1. The van der Waals surface area contributed by atoms with Crippen LogP contribution in [0.5, 0.6) is 0 Å². The first-order chi connectivity index (χ1) is 15.5. The lowest BCUT2D eigenvalue weighted by atomic mass is 10.1. The van der Waals surface area contributed by atoms with E-state index in [0.29, 0.717) is 35.6 Å². The number of benzene rings is 2. The van der Waals surface area contributed by atoms with E-state index >= 15 is 0 Å². The molecule has 0 bridgehead atoms. The van der Waals surface area contributed by atoms with Crippen LogP contribution in [0.15, 0.2) is 62.7 Å². The van der Waals surface area contributed by atoms with Crippen molar-refractivity contribution in [2.24, 2.45) is 0 Å². The number of ether oxygens (including phenoxy) is 1. The molecule has 2 aromatic carbocycles. The van der Waals surface area contributed by atoms with Crippen molar-refractivity contribution < 1.29 is 18.7 Å². The lowest BCUT2D eigenvalue weighted by Gasteiger charge is -2.06. The van der Waals surface area contributed by atoms with E-state index in [1.807, 2.05) is 48.7 Å². The fourth-order valence-electron chi connectivity index (χ4n) is 3.28. The van der Waals surface area contributed by atoms with Crippen LogP contribution >= 0.6 is 23.1 Å². The van der Waals surface area contributed by atoms with E-state index < -0.39 is 0 Å². The molecule has 1 N–H and O–H groups in total. The molecule has 0 saturated heterocycles. The van der Waals surface area contributed by atoms with Crippen LogP contribution in [-0.2, 0) is 16.9 Å². The molecule has 0 atom stereocenters. The smallest absolute Gasteiger partial charge is 0.337 e. The predicted octanol–water partition coefficient (Wildman–Crippen LogP) is 5.25. The Hall–Kier alpha value is -3.10. The van der Waals surface area contributed by atoms with Crippen LogP contribution in [0.25, 0.3) is 11.0 Å². The van der Waals surface area contributed by atoms with Crippen molar-refractivity contribution in [3.05, 3.63) is 82.1 Å². The quantitative estimate of drug-likeness (QED) is 0.282. The molecule has 164 valence electrons. The number of carbonyl (C=O) groups is 2. The minimum absolute atomic E-state index is 0.238. The number of nitrogens with zero attached hydrogens (tertiary/aromatic N) is 1. The summed E-state index contributed by atoms with van der Waals surface area (Å²) in [5.74, 6) is 0.334. The van der Waals surface area contributed by atoms with Crippen LogP contribution in [0.1, 0.15) is 37.7 Å². The summed E-state index contributed by atoms with van der Waals surface area (Å²) < 4.78 is 11.6. The van der Waals surface area contributed by atoms with Crippen molar-refractivity contribution in [3.8, 4) is 0 Å². The lowest BCUT2D eigenvalue weighted by molar-refractivity contribution is 0.0600. The average Bonchev–Trinajstić information content (AvgIpc) is 3.40. The number of rotatable bonds is 8. The molecule has 0 unspecified atom stereocenters. The van der Waals surface area contributed by atoms with Gasteiger partial charge in [0.05, 0.1) is 12.7 Å². The summed E-state index contributed by atoms with van der Waals surface area (Å²) in [6.07, 6.45) is 0.635. The van der Waals surface area contributed by atoms with Crippen molar-refractivity contribution in [3.63, 3.8) is 0 Å². The Labute approximate surface area is 194 Å². The summed E-state index contributed by atoms with van der Waals surface area (Å²) in [5.41, 5.74) is 4.07. The highest BCUT2D eigenvalue weighted by Crippen LogP contribution is 2.33. The highest BCUT2D eigenvalue weighted by Gasteiger charge is 2.20. The van der Waals surface area contributed by atoms with Crippen molar-refractivity contribution in [1.82, 2.24) is 10.3 Å². The van der Waals surface area contributed by atoms with E-state index in [-0.39, 0.29) is 11.9 Å². The fraction of sp³-hybridized carbons (Fsp3) is 0.208. The summed E-state index contributed by atoms with van der Waals surface area (Å²) >= 11 is 3.20. The topological polar surface area (TPSA) is 81.4 Å². The van der Waals surface area contributed by atoms with Gasteiger partial charge in [-0.3, -0.25) is 4.79 Å². The maximum absolute atomic E-state index is 12.9. The van der Waals surface area contributed by atoms with Gasteiger partial charge in [0.2, 0.25) is 0 Å². The Morgan fingerprint density at radius 1 is 1.16 bits per heavy atom. The first-order valence-electron chi connectivity index (χ1n) is 10.1. The van der Waals surface area contributed by atoms with Gasteiger partial charge in [-0.05, 0) is 37.1 Å². The van der Waals surface area contributed by atoms with E-state index in [9.17, 15) is 9.59 Å². The van der Waals surface area contributed by atoms with Gasteiger partial charge in [-0.15, -0.1) is 11.3 Å². The van der Waals surface area contributed by atoms with Crippen LogP contribution in [-0.4, -0.2) is 30.5 Å². The van der Waals surface area contributed by atoms with Crippen LogP contribution in [0.4, 0.5) is 0 Å². The van der Waals surface area contributed by atoms with Gasteiger partial charge in [-0.25, -0.2) is 9.78 Å². The molecule has 6 nitrogen and oxygen atoms in total. The van der Waals surface area contributed by atoms with Gasteiger partial charge in [-0.1, -0.05) is 42.1 Å². The zero-order valence-corrected chi connectivity index (χ0v) is 19.3. The number of fused-ring (bicyclic) bond motifs is 1. The maximum Gasteiger partial charge on any atom is 0.337 e. The minimum atomic E-state index is -0.368. The molecule has 0 fully saturated rings. The van der Waals surface area contributed by atoms with Crippen LogP contribution in [0, 0.1) is 6.92 Å². The molecule has 1 amide bonds. The highest BCUT2D eigenvalue weighted by atomic mass is 32.2. The number of aryl methyl sites for hydroxylation is 1. The number of hydrogen-bond acceptors (Lipinski definition) is 7. The van der Waals surface area contributed by atoms with Gasteiger partial charge in [0.25, 0.3) is 5.91 Å². The Morgan fingerprint density at radius 3 is 2.66 bits per heavy atom. The first kappa shape index (κ1) is 22.1. The monoisotopic (exact) mass is 466 g/mol. The highest BCUT2D eigenvalue weighted by molar-refractivity contribution is 8.00. The second-order valence-electron chi connectivity index (χ2n) is 7.14. The van der Waals surface area contributed by atoms with Gasteiger partial charge in [0.1, 0.15) is 9.92 Å². The van der Waals surface area contributed by atoms with Gasteiger partial charge in [0.15, 0.2) is 5.76 Å². The van der Waals surface area contributed by atoms with Gasteiger partial charge in [0, 0.05) is 34.3 Å². The van der Waals surface area contributed by atoms with Crippen molar-refractivity contribution >= 4 is 45.9 Å². The van der Waals surface area contributed by atoms with E-state index in [4.69, 9.17) is 9.15 Å². The third-order valence-electron chi connectivity index (χ3n) is 4.92. The normalized spacial score (nSPS) is 10.9. The van der Waals surface area contributed by atoms with Crippen molar-refractivity contribution in [1.29, 1.82) is 0 Å². The molecule has 0 radical (unpaired) electrons. The number of para-hydroxylation sites is 1. The molecular weight excluding hydrogens is 444 g/mol. The summed E-state index contributed by atoms with van der Waals surface area (Å²) in [5, 5.41) is 5.91. The van der Waals surface area contributed by atoms with E-state index in [1.165, 1.54) is 7.11 Å². The molecule has 8 heteroatoms. The lowest BCUT2D eigenvalue weighted by Crippen LogP contribution is -2.26. The Bertz CT molecular complexity index is 1240. The molecule has 0 spiro atoms. The molecule has 2 aromatic heterocycles. The van der Waals surface area contributed by atoms with Crippen LogP contribution < -0.4 is 5.32 Å². The summed E-state index contributed by atoms with van der Waals surface area (Å²) in [6.45, 7) is 2.42. The molecular formula is C24H22N2O4S2. The number of esters is 1. The number of aromatic nitrogens is 1. The van der Waals surface area contributed by atoms with Crippen molar-refractivity contribution in [2.45, 2.75) is 23.4 Å². The van der Waals surface area contributed by atoms with E-state index in [0.717, 1.165) is 26.5 Å². The van der Waals surface area contributed by atoms with Crippen molar-refractivity contribution in [2.75, 3.05) is 13.7 Å². The minimum Gasteiger partial charge on any atom is -0.465 e. The second-order valence-corrected chi connectivity index (χ2v) is 9.22. The van der Waals surface area contributed by atoms with Gasteiger partial charge >= 0.3 is 5.97 Å². The fourth-order valence-corrected chi connectivity index (χ4v) is 5.16. The number of hydrogen-bond donors (Lipinski definition) is 1. The predicted molar refractivity (Wildman–Crippen MR) is 126 cm³/mol. The zero-order chi connectivity index (χ0) is 22.5. The Morgan fingerprint density at radius 2 is 1.94 bits per heavy atom. The third kappa shape index (κ3) is 5.03. The summed E-state index contributed by atoms with van der Waals surface area (Å²) in [7, 11) is 1.36. The largest absolute Gasteiger partial charge is 0.465 e. The second kappa shape index (κ2) is 10.0. The molecule has 4 rings (SSSR count). The molecule has 0 aliphatic carbocycles. The number of thioether (sulfide) groups is 1. The summed E-state index contributed by atoms with van der Waals surface area (Å²) in [4.78, 5) is 29.0. The molecule has 0 aliphatic heterocycles. The van der Waals surface area contributed by atoms with Gasteiger partial charge < -0.3 is 14.5 Å². The average molecular weight is 467 g/mol. The maximum atomic E-state index is 12.9. The summed E-state index contributed by atoms with van der Waals surface area (Å²) in [6, 6.07) is 14.8. The Kier molecular flexibility index (Phi) is 6.92. The molecule has 2 heterocycles. The number of nitrogens with one attached hydrogen (secondary N) is 1. The molecule has 0 aliphatic rings. The van der Waals surface area contributed by atoms with Crippen LogP contribution in [0.2, 0.25) is 0 Å². The number of carbonyl (C=O) groups excluding carboxylic acids is 2. The number of methoxy groups -OCH3 is 1. The van der Waals surface area contributed by atoms with E-state index in [2.05, 4.69) is 10.3 Å². The zero-order valence-electron chi connectivity index (χ0n) is 17.7. The molecule has 32 heavy (non-hydrogen) atoms. The number of furan rings is 1. The SMILES string of the molecule is COC(=O)c1ccc(CCNC(=O)c2oc3ccccc3c2CSc2nc(C)cs2)cc1.